The van der Waals surface area contributed by atoms with Crippen molar-refractivity contribution in [1.29, 1.82) is 0 Å². The van der Waals surface area contributed by atoms with Crippen molar-refractivity contribution in [2.45, 2.75) is 13.8 Å². The van der Waals surface area contributed by atoms with Gasteiger partial charge in [0.15, 0.2) is 0 Å². The number of nitrogens with one attached hydrogen (secondary N) is 1. The van der Waals surface area contributed by atoms with E-state index in [2.05, 4.69) is 4.98 Å². The zero-order valence-corrected chi connectivity index (χ0v) is 11.6. The van der Waals surface area contributed by atoms with Gasteiger partial charge in [-0.2, -0.15) is 0 Å². The predicted octanol–water partition coefficient (Wildman–Crippen LogP) is 4.04. The first-order valence-corrected chi connectivity index (χ1v) is 6.32. The lowest BCUT2D eigenvalue weighted by atomic mass is 10.1. The van der Waals surface area contributed by atoms with Crippen molar-refractivity contribution in [1.82, 2.24) is 4.98 Å². The topological polar surface area (TPSA) is 42.1 Å². The molecule has 1 aromatic carbocycles. The number of hydrogen-bond donors (Lipinski definition) is 1. The van der Waals surface area contributed by atoms with Crippen LogP contribution in [0, 0.1) is 11.4 Å². The van der Waals surface area contributed by atoms with E-state index in [1.807, 2.05) is 13.0 Å². The Labute approximate surface area is 115 Å². The normalized spacial score (nSPS) is 10.6. The summed E-state index contributed by atoms with van der Waals surface area (Å²) in [5.41, 5.74) is 2.14. The van der Waals surface area contributed by atoms with Gasteiger partial charge >= 0.3 is 5.97 Å². The largest absolute Gasteiger partial charge is 0.462 e. The molecule has 1 aromatic heterocycles. The van der Waals surface area contributed by atoms with Crippen LogP contribution in [-0.4, -0.2) is 17.6 Å². The fourth-order valence-electron chi connectivity index (χ4n) is 1.78. The molecule has 94 valence electrons. The van der Waals surface area contributed by atoms with Gasteiger partial charge in [0.2, 0.25) is 0 Å². The number of esters is 1. The number of ether oxygens (including phenoxy) is 1. The summed E-state index contributed by atoms with van der Waals surface area (Å²) < 4.78 is 5.45. The summed E-state index contributed by atoms with van der Waals surface area (Å²) in [6, 6.07) is 3.59. The molecule has 0 unspecified atom stereocenters. The molecule has 0 fully saturated rings. The first kappa shape index (κ1) is 13.1. The van der Waals surface area contributed by atoms with Crippen molar-refractivity contribution in [3.05, 3.63) is 39.0 Å². The molecular formula is C13H12ClNO2S. The molecule has 0 saturated heterocycles. The first-order valence-electron chi connectivity index (χ1n) is 5.54. The number of carbonyl (C=O) groups is 1. The summed E-state index contributed by atoms with van der Waals surface area (Å²) in [7, 11) is 0. The number of carbonyl (C=O) groups excluding carboxylic acids is 1. The summed E-state index contributed by atoms with van der Waals surface area (Å²) in [5.74, 6) is -0.409. The van der Waals surface area contributed by atoms with Crippen molar-refractivity contribution < 1.29 is 9.53 Å². The molecule has 0 atom stereocenters. The lowest BCUT2D eigenvalue weighted by molar-refractivity contribution is 0.0525. The highest BCUT2D eigenvalue weighted by Crippen LogP contribution is 2.25. The van der Waals surface area contributed by atoms with Gasteiger partial charge in [-0.1, -0.05) is 23.8 Å². The van der Waals surface area contributed by atoms with E-state index in [9.17, 15) is 4.79 Å². The maximum absolute atomic E-state index is 11.7. The number of halogens is 1. The molecule has 18 heavy (non-hydrogen) atoms. The minimum Gasteiger partial charge on any atom is -0.462 e. The van der Waals surface area contributed by atoms with E-state index in [1.54, 1.807) is 19.2 Å². The van der Waals surface area contributed by atoms with Crippen molar-refractivity contribution >= 4 is 40.7 Å². The quantitative estimate of drug-likeness (QED) is 0.667. The Morgan fingerprint density at radius 2 is 2.22 bits per heavy atom. The van der Waals surface area contributed by atoms with Crippen LogP contribution < -0.4 is 0 Å². The summed E-state index contributed by atoms with van der Waals surface area (Å²) in [5, 5.41) is 1.47. The molecule has 0 saturated carbocycles. The minimum atomic E-state index is -0.409. The molecule has 1 N–H and O–H groups in total. The van der Waals surface area contributed by atoms with Gasteiger partial charge in [-0.3, -0.25) is 0 Å². The Morgan fingerprint density at radius 3 is 2.89 bits per heavy atom. The fraction of sp³-hybridized carbons (Fsp3) is 0.231. The highest BCUT2D eigenvalue weighted by molar-refractivity contribution is 7.71. The van der Waals surface area contributed by atoms with Gasteiger partial charge in [-0.05, 0) is 31.5 Å². The van der Waals surface area contributed by atoms with E-state index in [1.165, 1.54) is 0 Å². The molecule has 5 heteroatoms. The molecule has 0 aliphatic rings. The maximum Gasteiger partial charge on any atom is 0.341 e. The molecule has 2 aromatic rings. The van der Waals surface area contributed by atoms with Crippen LogP contribution in [0.5, 0.6) is 0 Å². The predicted molar refractivity (Wildman–Crippen MR) is 74.8 cm³/mol. The van der Waals surface area contributed by atoms with Crippen LogP contribution in [0.2, 0.25) is 5.02 Å². The van der Waals surface area contributed by atoms with Crippen LogP contribution in [0.4, 0.5) is 0 Å². The standard InChI is InChI=1S/C13H12ClNO2S/c1-3-17-13(16)9-6-15-11-7(2)10(14)5-4-8(11)12(9)18/h4-6H,3H2,1-2H3,(H,15,18). The molecule has 2 rings (SSSR count). The number of aromatic nitrogens is 1. The number of rotatable bonds is 2. The zero-order chi connectivity index (χ0) is 13.3. The van der Waals surface area contributed by atoms with Crippen LogP contribution in [0.15, 0.2) is 18.3 Å². The summed E-state index contributed by atoms with van der Waals surface area (Å²) in [4.78, 5) is 14.8. The Kier molecular flexibility index (Phi) is 3.68. The molecule has 3 nitrogen and oxygen atoms in total. The number of fused-ring (bicyclic) bond motifs is 1. The molecule has 0 aliphatic carbocycles. The summed E-state index contributed by atoms with van der Waals surface area (Å²) in [6.07, 6.45) is 1.58. The van der Waals surface area contributed by atoms with Gasteiger partial charge in [0.1, 0.15) is 0 Å². The Morgan fingerprint density at radius 1 is 1.50 bits per heavy atom. The van der Waals surface area contributed by atoms with E-state index >= 15 is 0 Å². The lowest BCUT2D eigenvalue weighted by Gasteiger charge is -2.07. The van der Waals surface area contributed by atoms with E-state index in [4.69, 9.17) is 28.6 Å². The maximum atomic E-state index is 11.7. The molecule has 0 bridgehead atoms. The smallest absolute Gasteiger partial charge is 0.341 e. The number of aryl methyl sites for hydroxylation is 1. The Balaban J connectivity index is 2.70. The third-order valence-electron chi connectivity index (χ3n) is 2.74. The molecule has 0 spiro atoms. The Hall–Kier alpha value is -1.39. The number of pyridine rings is 1. The molecular weight excluding hydrogens is 270 g/mol. The zero-order valence-electron chi connectivity index (χ0n) is 10.0. The highest BCUT2D eigenvalue weighted by atomic mass is 35.5. The van der Waals surface area contributed by atoms with Crippen LogP contribution >= 0.6 is 23.8 Å². The third kappa shape index (κ3) is 2.13. The van der Waals surface area contributed by atoms with Crippen LogP contribution in [-0.2, 0) is 4.74 Å². The summed E-state index contributed by atoms with van der Waals surface area (Å²) in [6.45, 7) is 3.99. The Bertz CT molecular complexity index is 678. The second-order valence-electron chi connectivity index (χ2n) is 3.85. The van der Waals surface area contributed by atoms with Gasteiger partial charge in [-0.25, -0.2) is 4.79 Å². The van der Waals surface area contributed by atoms with Crippen molar-refractivity contribution in [3.8, 4) is 0 Å². The van der Waals surface area contributed by atoms with Gasteiger partial charge in [0.05, 0.1) is 22.2 Å². The number of hydrogen-bond acceptors (Lipinski definition) is 3. The highest BCUT2D eigenvalue weighted by Gasteiger charge is 2.12. The van der Waals surface area contributed by atoms with E-state index in [0.29, 0.717) is 21.7 Å². The van der Waals surface area contributed by atoms with Crippen molar-refractivity contribution in [3.63, 3.8) is 0 Å². The average molecular weight is 282 g/mol. The number of benzene rings is 1. The molecule has 1 heterocycles. The van der Waals surface area contributed by atoms with Crippen LogP contribution in [0.25, 0.3) is 10.9 Å². The monoisotopic (exact) mass is 281 g/mol. The second kappa shape index (κ2) is 5.08. The van der Waals surface area contributed by atoms with Gasteiger partial charge in [0, 0.05) is 16.6 Å². The SMILES string of the molecule is CCOC(=O)c1c[nH]c2c(C)c(Cl)ccc2c1=S. The lowest BCUT2D eigenvalue weighted by Crippen LogP contribution is -2.06. The average Bonchev–Trinajstić information content (AvgIpc) is 2.34. The summed E-state index contributed by atoms with van der Waals surface area (Å²) >= 11 is 11.4. The van der Waals surface area contributed by atoms with E-state index in [-0.39, 0.29) is 0 Å². The fourth-order valence-corrected chi connectivity index (χ4v) is 2.25. The van der Waals surface area contributed by atoms with Gasteiger partial charge in [-0.15, -0.1) is 0 Å². The van der Waals surface area contributed by atoms with E-state index < -0.39 is 5.97 Å². The van der Waals surface area contributed by atoms with Gasteiger partial charge in [0.25, 0.3) is 0 Å². The minimum absolute atomic E-state index is 0.325. The van der Waals surface area contributed by atoms with Crippen molar-refractivity contribution in [2.24, 2.45) is 0 Å². The number of H-pyrrole nitrogens is 1. The molecule has 0 amide bonds. The van der Waals surface area contributed by atoms with Crippen LogP contribution in [0.1, 0.15) is 22.8 Å². The molecule has 0 radical (unpaired) electrons. The van der Waals surface area contributed by atoms with Crippen LogP contribution in [0.3, 0.4) is 0 Å². The number of aromatic amines is 1. The first-order chi connectivity index (χ1) is 8.56. The second-order valence-corrected chi connectivity index (χ2v) is 4.66. The van der Waals surface area contributed by atoms with E-state index in [0.717, 1.165) is 16.5 Å². The van der Waals surface area contributed by atoms with Crippen molar-refractivity contribution in [2.75, 3.05) is 6.61 Å². The van der Waals surface area contributed by atoms with Gasteiger partial charge < -0.3 is 9.72 Å². The third-order valence-corrected chi connectivity index (χ3v) is 3.59. The molecule has 0 aliphatic heterocycles.